The minimum atomic E-state index is -3.90. The molecular weight excluding hydrogens is 375 g/mol. The summed E-state index contributed by atoms with van der Waals surface area (Å²) in [6, 6.07) is 9.69. The van der Waals surface area contributed by atoms with E-state index >= 15 is 0 Å². The molecule has 1 aromatic carbocycles. The third kappa shape index (κ3) is 3.94. The fourth-order valence-corrected chi connectivity index (χ4v) is 4.98. The predicted octanol–water partition coefficient (Wildman–Crippen LogP) is 4.30. The Bertz CT molecular complexity index is 870. The van der Waals surface area contributed by atoms with Crippen LogP contribution in [0.3, 0.4) is 0 Å². The van der Waals surface area contributed by atoms with Crippen LogP contribution < -0.4 is 0 Å². The monoisotopic (exact) mass is 386 g/mol. The van der Waals surface area contributed by atoms with Gasteiger partial charge in [0.1, 0.15) is 11.0 Å². The first-order valence-corrected chi connectivity index (χ1v) is 9.45. The lowest BCUT2D eigenvalue weighted by Gasteiger charge is -2.21. The number of hydrogen-bond donors (Lipinski definition) is 0. The zero-order chi connectivity index (χ0) is 17.0. The van der Waals surface area contributed by atoms with E-state index in [1.807, 2.05) is 6.07 Å². The summed E-state index contributed by atoms with van der Waals surface area (Å²) in [5, 5.41) is 9.32. The van der Waals surface area contributed by atoms with Crippen molar-refractivity contribution < 1.29 is 8.42 Å². The van der Waals surface area contributed by atoms with Gasteiger partial charge in [-0.05, 0) is 24.3 Å². The van der Waals surface area contributed by atoms with Crippen LogP contribution >= 0.6 is 34.5 Å². The summed E-state index contributed by atoms with van der Waals surface area (Å²) in [5.74, 6) is 0. The zero-order valence-corrected chi connectivity index (χ0v) is 15.0. The van der Waals surface area contributed by atoms with E-state index in [1.54, 1.807) is 12.1 Å². The molecule has 0 radical (unpaired) electrons. The number of thiophene rings is 1. The van der Waals surface area contributed by atoms with E-state index in [-0.39, 0.29) is 28.6 Å². The molecule has 0 fully saturated rings. The van der Waals surface area contributed by atoms with Crippen molar-refractivity contribution in [2.75, 3.05) is 6.54 Å². The molecule has 1 aromatic heterocycles. The summed E-state index contributed by atoms with van der Waals surface area (Å²) in [5.41, 5.74) is -0.0626. The Labute approximate surface area is 149 Å². The standard InChI is InChI=1S/C15H12Cl2N2O2S2/c1-2-8-19(10-11-6-7-15(17)22-11)23(20,21)14-5-3-4-13(16)12(14)9-18/h2-7H,1,8,10H2. The Morgan fingerprint density at radius 2 is 2.04 bits per heavy atom. The van der Waals surface area contributed by atoms with Gasteiger partial charge in [0, 0.05) is 18.0 Å². The van der Waals surface area contributed by atoms with E-state index in [2.05, 4.69) is 6.58 Å². The van der Waals surface area contributed by atoms with Crippen molar-refractivity contribution in [1.82, 2.24) is 4.31 Å². The molecule has 4 nitrogen and oxygen atoms in total. The lowest BCUT2D eigenvalue weighted by atomic mass is 10.2. The van der Waals surface area contributed by atoms with Crippen LogP contribution in [0.15, 0.2) is 47.9 Å². The molecule has 0 saturated carbocycles. The molecule has 120 valence electrons. The quantitative estimate of drug-likeness (QED) is 0.695. The summed E-state index contributed by atoms with van der Waals surface area (Å²) in [6.45, 7) is 3.84. The van der Waals surface area contributed by atoms with Gasteiger partial charge in [-0.2, -0.15) is 9.57 Å². The van der Waals surface area contributed by atoms with Crippen molar-refractivity contribution in [3.63, 3.8) is 0 Å². The summed E-state index contributed by atoms with van der Waals surface area (Å²) in [4.78, 5) is 0.679. The van der Waals surface area contributed by atoms with Gasteiger partial charge in [-0.3, -0.25) is 0 Å². The lowest BCUT2D eigenvalue weighted by Crippen LogP contribution is -2.31. The Morgan fingerprint density at radius 1 is 1.30 bits per heavy atom. The maximum Gasteiger partial charge on any atom is 0.245 e. The Kier molecular flexibility index (Phi) is 5.84. The van der Waals surface area contributed by atoms with Gasteiger partial charge < -0.3 is 0 Å². The number of nitriles is 1. The smallest absolute Gasteiger partial charge is 0.207 e. The fraction of sp³-hybridized carbons (Fsp3) is 0.133. The molecule has 0 N–H and O–H groups in total. The summed E-state index contributed by atoms with van der Waals surface area (Å²) < 4.78 is 27.6. The molecule has 0 unspecified atom stereocenters. The van der Waals surface area contributed by atoms with Crippen molar-refractivity contribution in [2.24, 2.45) is 0 Å². The van der Waals surface area contributed by atoms with Gasteiger partial charge in [0.15, 0.2) is 0 Å². The Morgan fingerprint density at radius 3 is 2.61 bits per heavy atom. The van der Waals surface area contributed by atoms with Gasteiger partial charge in [0.05, 0.1) is 14.9 Å². The van der Waals surface area contributed by atoms with Crippen LogP contribution in [0.5, 0.6) is 0 Å². The largest absolute Gasteiger partial charge is 0.245 e. The van der Waals surface area contributed by atoms with E-state index in [1.165, 1.54) is 39.9 Å². The van der Waals surface area contributed by atoms with Crippen molar-refractivity contribution >= 4 is 44.6 Å². The summed E-state index contributed by atoms with van der Waals surface area (Å²) in [7, 11) is -3.90. The third-order valence-corrected chi connectivity index (χ3v) is 6.38. The maximum atomic E-state index is 12.9. The van der Waals surface area contributed by atoms with Gasteiger partial charge in [-0.1, -0.05) is 35.3 Å². The van der Waals surface area contributed by atoms with Crippen LogP contribution in [0.2, 0.25) is 9.36 Å². The van der Waals surface area contributed by atoms with Gasteiger partial charge >= 0.3 is 0 Å². The van der Waals surface area contributed by atoms with Gasteiger partial charge in [-0.25, -0.2) is 8.42 Å². The van der Waals surface area contributed by atoms with Gasteiger partial charge in [-0.15, -0.1) is 17.9 Å². The number of benzene rings is 1. The van der Waals surface area contributed by atoms with E-state index in [4.69, 9.17) is 23.2 Å². The first-order chi connectivity index (χ1) is 10.9. The molecular formula is C15H12Cl2N2O2S2. The van der Waals surface area contributed by atoms with E-state index < -0.39 is 10.0 Å². The molecule has 0 atom stereocenters. The molecule has 0 bridgehead atoms. The number of sulfonamides is 1. The second-order valence-electron chi connectivity index (χ2n) is 4.52. The van der Waals surface area contributed by atoms with Crippen LogP contribution in [-0.4, -0.2) is 19.3 Å². The molecule has 0 aliphatic heterocycles. The van der Waals surface area contributed by atoms with Crippen LogP contribution in [0.25, 0.3) is 0 Å². The van der Waals surface area contributed by atoms with Crippen molar-refractivity contribution in [3.8, 4) is 6.07 Å². The molecule has 0 spiro atoms. The van der Waals surface area contributed by atoms with Crippen molar-refractivity contribution in [2.45, 2.75) is 11.4 Å². The number of hydrogen-bond acceptors (Lipinski definition) is 4. The summed E-state index contributed by atoms with van der Waals surface area (Å²) >= 11 is 13.1. The number of rotatable bonds is 6. The Balaban J connectivity index is 2.47. The van der Waals surface area contributed by atoms with E-state index in [0.717, 1.165) is 4.88 Å². The Hall–Kier alpha value is -1.36. The van der Waals surface area contributed by atoms with Gasteiger partial charge in [0.2, 0.25) is 10.0 Å². The average Bonchev–Trinajstić information content (AvgIpc) is 2.91. The topological polar surface area (TPSA) is 61.2 Å². The van der Waals surface area contributed by atoms with Crippen LogP contribution in [0, 0.1) is 11.3 Å². The predicted molar refractivity (Wildman–Crippen MR) is 93.3 cm³/mol. The second-order valence-corrected chi connectivity index (χ2v) is 8.63. The molecule has 0 aliphatic rings. The molecule has 0 aliphatic carbocycles. The first kappa shape index (κ1) is 18.0. The molecule has 0 saturated heterocycles. The SMILES string of the molecule is C=CCN(Cc1ccc(Cl)s1)S(=O)(=O)c1cccc(Cl)c1C#N. The normalized spacial score (nSPS) is 11.4. The highest BCUT2D eigenvalue weighted by Gasteiger charge is 2.28. The van der Waals surface area contributed by atoms with E-state index in [9.17, 15) is 13.7 Å². The zero-order valence-electron chi connectivity index (χ0n) is 11.9. The highest BCUT2D eigenvalue weighted by atomic mass is 35.5. The molecule has 2 rings (SSSR count). The third-order valence-electron chi connectivity index (χ3n) is 3.00. The first-order valence-electron chi connectivity index (χ1n) is 6.44. The number of halogens is 2. The fourth-order valence-electron chi connectivity index (χ4n) is 1.97. The molecule has 1 heterocycles. The lowest BCUT2D eigenvalue weighted by molar-refractivity contribution is 0.441. The van der Waals surface area contributed by atoms with E-state index in [0.29, 0.717) is 4.34 Å². The number of nitrogens with zero attached hydrogens (tertiary/aromatic N) is 2. The summed E-state index contributed by atoms with van der Waals surface area (Å²) in [6.07, 6.45) is 1.49. The van der Waals surface area contributed by atoms with Crippen molar-refractivity contribution in [3.05, 3.63) is 62.8 Å². The van der Waals surface area contributed by atoms with Crippen LogP contribution in [0.1, 0.15) is 10.4 Å². The van der Waals surface area contributed by atoms with Crippen LogP contribution in [0.4, 0.5) is 0 Å². The highest BCUT2D eigenvalue weighted by molar-refractivity contribution is 7.89. The maximum absolute atomic E-state index is 12.9. The van der Waals surface area contributed by atoms with Crippen LogP contribution in [-0.2, 0) is 16.6 Å². The minimum absolute atomic E-state index is 0.0626. The van der Waals surface area contributed by atoms with Gasteiger partial charge in [0.25, 0.3) is 0 Å². The molecule has 2 aromatic rings. The minimum Gasteiger partial charge on any atom is -0.207 e. The molecule has 8 heteroatoms. The average molecular weight is 387 g/mol. The molecule has 0 amide bonds. The molecule has 23 heavy (non-hydrogen) atoms. The highest BCUT2D eigenvalue weighted by Crippen LogP contribution is 2.29. The van der Waals surface area contributed by atoms with Crippen molar-refractivity contribution in [1.29, 1.82) is 5.26 Å². The second kappa shape index (κ2) is 7.47.